The minimum absolute atomic E-state index is 0.0602. The smallest absolute Gasteiger partial charge is 0.306 e. The summed E-state index contributed by atoms with van der Waals surface area (Å²) in [5.41, 5.74) is 2.10. The van der Waals surface area contributed by atoms with Crippen molar-refractivity contribution >= 4 is 51.5 Å². The van der Waals surface area contributed by atoms with Crippen molar-refractivity contribution in [3.63, 3.8) is 0 Å². The number of esters is 1. The highest BCUT2D eigenvalue weighted by molar-refractivity contribution is 6.31. The van der Waals surface area contributed by atoms with Gasteiger partial charge in [-0.05, 0) is 36.1 Å². The molecule has 0 fully saturated rings. The molecule has 0 aromatic heterocycles. The zero-order valence-electron chi connectivity index (χ0n) is 16.4. The maximum Gasteiger partial charge on any atom is 0.306 e. The Kier molecular flexibility index (Phi) is 7.03. The summed E-state index contributed by atoms with van der Waals surface area (Å²) in [4.78, 5) is 36.0. The summed E-state index contributed by atoms with van der Waals surface area (Å²) < 4.78 is 4.97. The van der Waals surface area contributed by atoms with Crippen LogP contribution in [0.25, 0.3) is 10.8 Å². The molecule has 0 unspecified atom stereocenters. The Morgan fingerprint density at radius 3 is 2.47 bits per heavy atom. The lowest BCUT2D eigenvalue weighted by molar-refractivity contribution is -0.147. The second-order valence-electron chi connectivity index (χ2n) is 6.75. The summed E-state index contributed by atoms with van der Waals surface area (Å²) >= 11 is 6.02. The highest BCUT2D eigenvalue weighted by atomic mass is 35.5. The molecule has 0 saturated heterocycles. The summed E-state index contributed by atoms with van der Waals surface area (Å²) in [6, 6.07) is 18.4. The van der Waals surface area contributed by atoms with E-state index in [0.29, 0.717) is 16.4 Å². The quantitative estimate of drug-likeness (QED) is 0.538. The van der Waals surface area contributed by atoms with Crippen LogP contribution in [-0.2, 0) is 19.1 Å². The fraction of sp³-hybridized carbons (Fsp3) is 0.174. The van der Waals surface area contributed by atoms with Crippen molar-refractivity contribution in [1.29, 1.82) is 0 Å². The molecule has 30 heavy (non-hydrogen) atoms. The number of hydrogen-bond acceptors (Lipinski definition) is 4. The molecule has 0 atom stereocenters. The van der Waals surface area contributed by atoms with Gasteiger partial charge in [0.15, 0.2) is 6.61 Å². The Balaban J connectivity index is 1.43. The summed E-state index contributed by atoms with van der Waals surface area (Å²) in [5.74, 6) is -1.41. The van der Waals surface area contributed by atoms with Gasteiger partial charge in [-0.1, -0.05) is 54.1 Å². The van der Waals surface area contributed by atoms with E-state index < -0.39 is 18.5 Å². The molecule has 0 aliphatic rings. The van der Waals surface area contributed by atoms with E-state index in [1.54, 1.807) is 24.3 Å². The molecule has 2 N–H and O–H groups in total. The highest BCUT2D eigenvalue weighted by Crippen LogP contribution is 2.23. The molecule has 3 aromatic rings. The second kappa shape index (κ2) is 9.89. The van der Waals surface area contributed by atoms with Gasteiger partial charge in [-0.3, -0.25) is 14.4 Å². The van der Waals surface area contributed by atoms with Crippen molar-refractivity contribution in [3.8, 4) is 0 Å². The van der Waals surface area contributed by atoms with Crippen LogP contribution in [0.3, 0.4) is 0 Å². The Bertz CT molecular complexity index is 1090. The number of amides is 2. The average molecular weight is 425 g/mol. The van der Waals surface area contributed by atoms with Gasteiger partial charge in [0.25, 0.3) is 5.91 Å². The summed E-state index contributed by atoms with van der Waals surface area (Å²) in [6.45, 7) is 1.44. The number of fused-ring (bicyclic) bond motifs is 1. The molecule has 0 saturated carbocycles. The van der Waals surface area contributed by atoms with Gasteiger partial charge in [0.2, 0.25) is 5.91 Å². The van der Waals surface area contributed by atoms with Gasteiger partial charge in [-0.15, -0.1) is 0 Å². The standard InChI is InChI=1S/C23H21ClN2O4/c1-15-9-10-17(13-19(15)24)25-21(27)11-12-23(29)30-14-22(28)26-20-8-4-6-16-5-2-3-7-18(16)20/h2-10,13H,11-12,14H2,1H3,(H,25,27)(H,26,28). The van der Waals surface area contributed by atoms with Gasteiger partial charge < -0.3 is 15.4 Å². The Hall–Kier alpha value is -3.38. The number of nitrogens with one attached hydrogen (secondary N) is 2. The molecular formula is C23H21ClN2O4. The maximum absolute atomic E-state index is 12.1. The first-order valence-corrected chi connectivity index (χ1v) is 9.79. The lowest BCUT2D eigenvalue weighted by atomic mass is 10.1. The van der Waals surface area contributed by atoms with Crippen molar-refractivity contribution in [3.05, 3.63) is 71.2 Å². The van der Waals surface area contributed by atoms with Crippen LogP contribution in [0.4, 0.5) is 11.4 Å². The molecule has 0 radical (unpaired) electrons. The summed E-state index contributed by atoms with van der Waals surface area (Å²) in [7, 11) is 0. The monoisotopic (exact) mass is 424 g/mol. The Morgan fingerprint density at radius 1 is 0.900 bits per heavy atom. The lowest BCUT2D eigenvalue weighted by Crippen LogP contribution is -2.22. The van der Waals surface area contributed by atoms with Crippen molar-refractivity contribution in [2.75, 3.05) is 17.2 Å². The molecule has 7 heteroatoms. The van der Waals surface area contributed by atoms with E-state index in [9.17, 15) is 14.4 Å². The molecule has 154 valence electrons. The van der Waals surface area contributed by atoms with Gasteiger partial charge in [0, 0.05) is 28.2 Å². The summed E-state index contributed by atoms with van der Waals surface area (Å²) in [6.07, 6.45) is -0.192. The van der Waals surface area contributed by atoms with E-state index in [-0.39, 0.29) is 18.7 Å². The van der Waals surface area contributed by atoms with E-state index >= 15 is 0 Å². The van der Waals surface area contributed by atoms with E-state index in [1.807, 2.05) is 43.3 Å². The highest BCUT2D eigenvalue weighted by Gasteiger charge is 2.12. The number of carbonyl (C=O) groups excluding carboxylic acids is 3. The van der Waals surface area contributed by atoms with E-state index in [4.69, 9.17) is 16.3 Å². The number of anilines is 2. The number of ether oxygens (including phenoxy) is 1. The van der Waals surface area contributed by atoms with Gasteiger partial charge in [0.1, 0.15) is 0 Å². The van der Waals surface area contributed by atoms with Crippen molar-refractivity contribution in [2.24, 2.45) is 0 Å². The third kappa shape index (κ3) is 5.81. The second-order valence-corrected chi connectivity index (χ2v) is 7.15. The van der Waals surface area contributed by atoms with Crippen LogP contribution in [0.15, 0.2) is 60.7 Å². The number of aryl methyl sites for hydroxylation is 1. The third-order valence-corrected chi connectivity index (χ3v) is 4.85. The zero-order chi connectivity index (χ0) is 21.5. The number of hydrogen-bond donors (Lipinski definition) is 2. The van der Waals surface area contributed by atoms with Crippen LogP contribution in [0, 0.1) is 6.92 Å². The average Bonchev–Trinajstić information content (AvgIpc) is 2.74. The van der Waals surface area contributed by atoms with Gasteiger partial charge in [0.05, 0.1) is 6.42 Å². The van der Waals surface area contributed by atoms with E-state index in [0.717, 1.165) is 16.3 Å². The Morgan fingerprint density at radius 2 is 1.67 bits per heavy atom. The minimum atomic E-state index is -0.625. The van der Waals surface area contributed by atoms with E-state index in [1.165, 1.54) is 0 Å². The first-order chi connectivity index (χ1) is 14.4. The molecule has 0 aliphatic carbocycles. The predicted octanol–water partition coefficient (Wildman–Crippen LogP) is 4.70. The molecule has 0 heterocycles. The van der Waals surface area contributed by atoms with Crippen molar-refractivity contribution in [1.82, 2.24) is 0 Å². The first kappa shape index (κ1) is 21.3. The SMILES string of the molecule is Cc1ccc(NC(=O)CCC(=O)OCC(=O)Nc2cccc3ccccc23)cc1Cl. The van der Waals surface area contributed by atoms with Crippen LogP contribution in [0.5, 0.6) is 0 Å². The van der Waals surface area contributed by atoms with Crippen LogP contribution in [0.1, 0.15) is 18.4 Å². The van der Waals surface area contributed by atoms with Crippen molar-refractivity contribution < 1.29 is 19.1 Å². The molecule has 6 nitrogen and oxygen atoms in total. The molecule has 0 bridgehead atoms. The minimum Gasteiger partial charge on any atom is -0.456 e. The van der Waals surface area contributed by atoms with Gasteiger partial charge in [-0.25, -0.2) is 0 Å². The molecule has 0 spiro atoms. The van der Waals surface area contributed by atoms with E-state index in [2.05, 4.69) is 10.6 Å². The van der Waals surface area contributed by atoms with Crippen LogP contribution < -0.4 is 10.6 Å². The Labute approximate surface area is 179 Å². The molecule has 0 aliphatic heterocycles. The lowest BCUT2D eigenvalue weighted by Gasteiger charge is -2.09. The number of halogens is 1. The molecule has 3 aromatic carbocycles. The largest absolute Gasteiger partial charge is 0.456 e. The fourth-order valence-electron chi connectivity index (χ4n) is 2.85. The zero-order valence-corrected chi connectivity index (χ0v) is 17.2. The molecule has 2 amide bonds. The number of benzene rings is 3. The first-order valence-electron chi connectivity index (χ1n) is 9.41. The van der Waals surface area contributed by atoms with Gasteiger partial charge >= 0.3 is 5.97 Å². The predicted molar refractivity (Wildman–Crippen MR) is 118 cm³/mol. The normalized spacial score (nSPS) is 10.5. The van der Waals surface area contributed by atoms with Gasteiger partial charge in [-0.2, -0.15) is 0 Å². The topological polar surface area (TPSA) is 84.5 Å². The molecular weight excluding hydrogens is 404 g/mol. The third-order valence-electron chi connectivity index (χ3n) is 4.44. The van der Waals surface area contributed by atoms with Crippen molar-refractivity contribution in [2.45, 2.75) is 19.8 Å². The van der Waals surface area contributed by atoms with Crippen LogP contribution in [0.2, 0.25) is 5.02 Å². The van der Waals surface area contributed by atoms with Crippen LogP contribution >= 0.6 is 11.6 Å². The fourth-order valence-corrected chi connectivity index (χ4v) is 3.03. The summed E-state index contributed by atoms with van der Waals surface area (Å²) in [5, 5.41) is 7.84. The number of rotatable bonds is 7. The maximum atomic E-state index is 12.1. The van der Waals surface area contributed by atoms with Crippen LogP contribution in [-0.4, -0.2) is 24.4 Å². The molecule has 3 rings (SSSR count). The number of carbonyl (C=O) groups is 3.